The Labute approximate surface area is 185 Å². The molecule has 1 aliphatic rings. The zero-order valence-electron chi connectivity index (χ0n) is 17.6. The van der Waals surface area contributed by atoms with E-state index in [2.05, 4.69) is 5.32 Å². The van der Waals surface area contributed by atoms with E-state index >= 15 is 0 Å². The van der Waals surface area contributed by atoms with Gasteiger partial charge in [-0.05, 0) is 35.2 Å². The van der Waals surface area contributed by atoms with E-state index in [1.54, 1.807) is 18.2 Å². The Balaban J connectivity index is 1.41. The van der Waals surface area contributed by atoms with Gasteiger partial charge in [0.05, 0.1) is 0 Å². The standard InChI is InChI=1S/C26H23NO5/c1-16-7-6-8-17(13-16)24(28)14-23(25(29)30)27-26(31)32-15-22-20-11-4-2-9-18(20)19-10-3-5-12-21(19)22/h2-13,22-23H,14-15H2,1H3,(H,27,31)(H,29,30). The Hall–Kier alpha value is -3.93. The van der Waals surface area contributed by atoms with Gasteiger partial charge in [-0.3, -0.25) is 4.79 Å². The summed E-state index contributed by atoms with van der Waals surface area (Å²) < 4.78 is 5.40. The predicted octanol–water partition coefficient (Wildman–Crippen LogP) is 4.56. The maximum absolute atomic E-state index is 12.5. The number of alkyl carbamates (subject to hydrolysis) is 1. The second-order valence-electron chi connectivity index (χ2n) is 7.86. The third-order valence-corrected chi connectivity index (χ3v) is 5.66. The molecule has 1 aliphatic carbocycles. The number of benzene rings is 3. The van der Waals surface area contributed by atoms with Crippen LogP contribution >= 0.6 is 0 Å². The molecule has 0 saturated heterocycles. The third-order valence-electron chi connectivity index (χ3n) is 5.66. The largest absolute Gasteiger partial charge is 0.480 e. The van der Waals surface area contributed by atoms with E-state index in [-0.39, 0.29) is 24.7 Å². The number of ether oxygens (including phenoxy) is 1. The number of amides is 1. The lowest BCUT2D eigenvalue weighted by molar-refractivity contribution is -0.139. The minimum absolute atomic E-state index is 0.0675. The highest BCUT2D eigenvalue weighted by molar-refractivity contribution is 5.99. The maximum Gasteiger partial charge on any atom is 0.407 e. The highest BCUT2D eigenvalue weighted by Crippen LogP contribution is 2.44. The zero-order valence-corrected chi connectivity index (χ0v) is 17.6. The SMILES string of the molecule is Cc1cccc(C(=O)CC(NC(=O)OCC2c3ccccc3-c3ccccc32)C(=O)O)c1. The molecule has 2 N–H and O–H groups in total. The summed E-state index contributed by atoms with van der Waals surface area (Å²) in [6.07, 6.45) is -1.22. The Kier molecular flexibility index (Phi) is 6.03. The normalized spacial score (nSPS) is 13.0. The van der Waals surface area contributed by atoms with Gasteiger partial charge in [0.25, 0.3) is 0 Å². The number of carbonyl (C=O) groups is 3. The molecule has 1 amide bonds. The number of aliphatic carboxylic acids is 1. The first kappa shape index (κ1) is 21.3. The van der Waals surface area contributed by atoms with E-state index < -0.39 is 18.1 Å². The highest BCUT2D eigenvalue weighted by Gasteiger charge is 2.30. The summed E-state index contributed by atoms with van der Waals surface area (Å²) in [5, 5.41) is 11.8. The van der Waals surface area contributed by atoms with Crippen LogP contribution < -0.4 is 5.32 Å². The molecule has 0 saturated carbocycles. The molecule has 6 nitrogen and oxygen atoms in total. The molecule has 1 atom stereocenters. The molecule has 3 aromatic carbocycles. The number of aryl methyl sites for hydroxylation is 1. The summed E-state index contributed by atoms with van der Waals surface area (Å²) >= 11 is 0. The lowest BCUT2D eigenvalue weighted by atomic mass is 9.98. The van der Waals surface area contributed by atoms with E-state index in [9.17, 15) is 19.5 Å². The summed E-state index contributed by atoms with van der Waals surface area (Å²) in [6, 6.07) is 21.4. The van der Waals surface area contributed by atoms with Crippen LogP contribution in [-0.2, 0) is 9.53 Å². The van der Waals surface area contributed by atoms with E-state index in [4.69, 9.17) is 4.74 Å². The van der Waals surface area contributed by atoms with Crippen molar-refractivity contribution < 1.29 is 24.2 Å². The fourth-order valence-electron chi connectivity index (χ4n) is 4.10. The second kappa shape index (κ2) is 9.06. The number of ketones is 1. The molecular formula is C26H23NO5. The average Bonchev–Trinajstić information content (AvgIpc) is 3.11. The van der Waals surface area contributed by atoms with Crippen LogP contribution in [-0.4, -0.2) is 35.6 Å². The van der Waals surface area contributed by atoms with Crippen molar-refractivity contribution in [3.63, 3.8) is 0 Å². The molecule has 4 rings (SSSR count). The van der Waals surface area contributed by atoms with Gasteiger partial charge in [-0.1, -0.05) is 72.3 Å². The second-order valence-corrected chi connectivity index (χ2v) is 7.86. The molecule has 0 aromatic heterocycles. The zero-order chi connectivity index (χ0) is 22.7. The molecule has 6 heteroatoms. The van der Waals surface area contributed by atoms with E-state index in [1.807, 2.05) is 61.5 Å². The molecule has 0 bridgehead atoms. The lowest BCUT2D eigenvalue weighted by Crippen LogP contribution is -2.42. The summed E-state index contributed by atoms with van der Waals surface area (Å²) in [5.41, 5.74) is 5.63. The molecule has 0 aliphatic heterocycles. The molecule has 0 heterocycles. The number of nitrogens with one attached hydrogen (secondary N) is 1. The van der Waals surface area contributed by atoms with Gasteiger partial charge in [-0.25, -0.2) is 9.59 Å². The molecule has 1 unspecified atom stereocenters. The third kappa shape index (κ3) is 4.39. The van der Waals surface area contributed by atoms with E-state index in [1.165, 1.54) is 0 Å². The van der Waals surface area contributed by atoms with Crippen LogP contribution in [0.15, 0.2) is 72.8 Å². The van der Waals surface area contributed by atoms with Crippen LogP contribution in [0.3, 0.4) is 0 Å². The quantitative estimate of drug-likeness (QED) is 0.537. The van der Waals surface area contributed by atoms with Crippen LogP contribution in [0.2, 0.25) is 0 Å². The molecule has 162 valence electrons. The molecule has 32 heavy (non-hydrogen) atoms. The van der Waals surface area contributed by atoms with Crippen LogP contribution in [0.1, 0.15) is 39.4 Å². The van der Waals surface area contributed by atoms with Gasteiger partial charge in [-0.2, -0.15) is 0 Å². The Morgan fingerprint density at radius 3 is 2.16 bits per heavy atom. The van der Waals surface area contributed by atoms with Crippen LogP contribution in [0.4, 0.5) is 4.79 Å². The number of carboxylic acid groups (broad SMARTS) is 1. The Morgan fingerprint density at radius 2 is 1.56 bits per heavy atom. The van der Waals surface area contributed by atoms with Crippen LogP contribution in [0.5, 0.6) is 0 Å². The van der Waals surface area contributed by atoms with Crippen molar-refractivity contribution in [2.24, 2.45) is 0 Å². The summed E-state index contributed by atoms with van der Waals surface area (Å²) in [6.45, 7) is 1.92. The van der Waals surface area contributed by atoms with Gasteiger partial charge >= 0.3 is 12.1 Å². The first-order chi connectivity index (χ1) is 15.4. The maximum atomic E-state index is 12.5. The van der Waals surface area contributed by atoms with Crippen molar-refractivity contribution in [2.45, 2.75) is 25.3 Å². The van der Waals surface area contributed by atoms with Crippen LogP contribution in [0.25, 0.3) is 11.1 Å². The molecule has 0 radical (unpaired) electrons. The summed E-state index contributed by atoms with van der Waals surface area (Å²) in [5.74, 6) is -1.79. The van der Waals surface area contributed by atoms with Gasteiger partial charge in [0, 0.05) is 17.9 Å². The van der Waals surface area contributed by atoms with Gasteiger partial charge in [0.15, 0.2) is 5.78 Å². The first-order valence-corrected chi connectivity index (χ1v) is 10.4. The van der Waals surface area contributed by atoms with Gasteiger partial charge in [0.2, 0.25) is 0 Å². The minimum atomic E-state index is -1.38. The van der Waals surface area contributed by atoms with Crippen molar-refractivity contribution in [3.05, 3.63) is 95.1 Å². The molecule has 3 aromatic rings. The van der Waals surface area contributed by atoms with Gasteiger partial charge < -0.3 is 15.2 Å². The lowest BCUT2D eigenvalue weighted by Gasteiger charge is -2.17. The first-order valence-electron chi connectivity index (χ1n) is 10.4. The fourth-order valence-corrected chi connectivity index (χ4v) is 4.10. The molecular weight excluding hydrogens is 406 g/mol. The average molecular weight is 429 g/mol. The fraction of sp³-hybridized carbons (Fsp3) is 0.192. The van der Waals surface area contributed by atoms with Crippen molar-refractivity contribution >= 4 is 17.8 Å². The number of carbonyl (C=O) groups excluding carboxylic acids is 2. The van der Waals surface area contributed by atoms with Crippen molar-refractivity contribution in [3.8, 4) is 11.1 Å². The van der Waals surface area contributed by atoms with Crippen molar-refractivity contribution in [1.29, 1.82) is 0 Å². The minimum Gasteiger partial charge on any atom is -0.480 e. The summed E-state index contributed by atoms with van der Waals surface area (Å²) in [4.78, 5) is 36.5. The van der Waals surface area contributed by atoms with E-state index in [0.29, 0.717) is 5.56 Å². The Bertz CT molecular complexity index is 1140. The highest BCUT2D eigenvalue weighted by atomic mass is 16.5. The molecule has 0 fully saturated rings. The summed E-state index contributed by atoms with van der Waals surface area (Å²) in [7, 11) is 0. The monoisotopic (exact) mass is 429 g/mol. The van der Waals surface area contributed by atoms with Crippen LogP contribution in [0, 0.1) is 6.92 Å². The number of rotatable bonds is 7. The van der Waals surface area contributed by atoms with Crippen molar-refractivity contribution in [2.75, 3.05) is 6.61 Å². The number of carboxylic acids is 1. The number of Topliss-reactive ketones (excluding diaryl/α,β-unsaturated/α-hetero) is 1. The molecule has 0 spiro atoms. The topological polar surface area (TPSA) is 92.7 Å². The van der Waals surface area contributed by atoms with Gasteiger partial charge in [0.1, 0.15) is 12.6 Å². The smallest absolute Gasteiger partial charge is 0.407 e. The number of hydrogen-bond donors (Lipinski definition) is 2. The Morgan fingerprint density at radius 1 is 0.938 bits per heavy atom. The van der Waals surface area contributed by atoms with Crippen molar-refractivity contribution in [1.82, 2.24) is 5.32 Å². The number of hydrogen-bond acceptors (Lipinski definition) is 4. The van der Waals surface area contributed by atoms with Gasteiger partial charge in [-0.15, -0.1) is 0 Å². The van der Waals surface area contributed by atoms with E-state index in [0.717, 1.165) is 27.8 Å². The predicted molar refractivity (Wildman–Crippen MR) is 120 cm³/mol. The number of fused-ring (bicyclic) bond motifs is 3.